The minimum absolute atomic E-state index is 0.121. The van der Waals surface area contributed by atoms with E-state index in [0.717, 1.165) is 0 Å². The fourth-order valence-electron chi connectivity index (χ4n) is 1.08. The smallest absolute Gasteiger partial charge is 0.308 e. The maximum Gasteiger partial charge on any atom is 0.308 e. The number of rotatable bonds is 3. The van der Waals surface area contributed by atoms with Gasteiger partial charge in [0.1, 0.15) is 5.75 Å². The molecule has 0 aliphatic rings. The molecule has 1 rings (SSSR count). The molecule has 0 aliphatic carbocycles. The topological polar surface area (TPSA) is 46.5 Å². The van der Waals surface area contributed by atoms with Gasteiger partial charge in [0, 0.05) is 10.0 Å². The van der Waals surface area contributed by atoms with E-state index >= 15 is 0 Å². The van der Waals surface area contributed by atoms with Crippen molar-refractivity contribution in [2.45, 2.75) is 6.42 Å². The average molecular weight is 280 g/mol. The Labute approximate surface area is 94.8 Å². The molecule has 0 saturated heterocycles. The zero-order valence-corrected chi connectivity index (χ0v) is 9.72. The molecule has 1 aromatic rings. The number of aliphatic carboxylic acids is 1. The minimum Gasteiger partial charge on any atom is -0.496 e. The lowest BCUT2D eigenvalue weighted by molar-refractivity contribution is -0.136. The number of ether oxygens (including phenoxy) is 1. The number of benzene rings is 1. The molecule has 0 fully saturated rings. The summed E-state index contributed by atoms with van der Waals surface area (Å²) in [6, 6.07) is 3.29. The zero-order valence-electron chi connectivity index (χ0n) is 7.38. The molecular weight excluding hydrogens is 271 g/mol. The Kier molecular flexibility index (Phi) is 3.77. The molecule has 0 radical (unpaired) electrons. The molecule has 0 heterocycles. The van der Waals surface area contributed by atoms with Crippen LogP contribution in [-0.4, -0.2) is 18.2 Å². The summed E-state index contributed by atoms with van der Waals surface area (Å²) in [5.74, 6) is -0.407. The van der Waals surface area contributed by atoms with Crippen molar-refractivity contribution in [1.82, 2.24) is 0 Å². The molecule has 0 atom stereocenters. The summed E-state index contributed by atoms with van der Waals surface area (Å²) < 4.78 is 5.60. The molecule has 1 aromatic carbocycles. The summed E-state index contributed by atoms with van der Waals surface area (Å²) in [5, 5.41) is 9.16. The number of carbonyl (C=O) groups is 1. The fourth-order valence-corrected chi connectivity index (χ4v) is 1.73. The van der Waals surface area contributed by atoms with E-state index in [1.165, 1.54) is 7.11 Å². The summed E-state index contributed by atoms with van der Waals surface area (Å²) in [4.78, 5) is 10.6. The number of carboxylic acid groups (broad SMARTS) is 1. The zero-order chi connectivity index (χ0) is 10.7. The highest BCUT2D eigenvalue weighted by Crippen LogP contribution is 2.33. The summed E-state index contributed by atoms with van der Waals surface area (Å²) in [7, 11) is 1.49. The molecule has 0 spiro atoms. The van der Waals surface area contributed by atoms with Crippen LogP contribution in [0.2, 0.25) is 5.02 Å². The Bertz CT molecular complexity index is 365. The Balaban J connectivity index is 3.20. The van der Waals surface area contributed by atoms with Crippen molar-refractivity contribution in [3.05, 3.63) is 27.2 Å². The molecular formula is C9H8BrClO3. The third kappa shape index (κ3) is 2.39. The van der Waals surface area contributed by atoms with E-state index in [2.05, 4.69) is 15.9 Å². The highest BCUT2D eigenvalue weighted by molar-refractivity contribution is 9.10. The van der Waals surface area contributed by atoms with Crippen LogP contribution in [0.5, 0.6) is 5.75 Å². The summed E-state index contributed by atoms with van der Waals surface area (Å²) >= 11 is 9.06. The quantitative estimate of drug-likeness (QED) is 0.925. The molecule has 0 unspecified atom stereocenters. The predicted octanol–water partition coefficient (Wildman–Crippen LogP) is 2.74. The SMILES string of the molecule is COc1ccc(Cl)c(Br)c1CC(=O)O. The third-order valence-corrected chi connectivity index (χ3v) is 3.15. The van der Waals surface area contributed by atoms with E-state index in [1.54, 1.807) is 12.1 Å². The Morgan fingerprint density at radius 3 is 2.79 bits per heavy atom. The molecule has 0 aliphatic heterocycles. The molecule has 0 amide bonds. The molecule has 5 heteroatoms. The van der Waals surface area contributed by atoms with Crippen LogP contribution >= 0.6 is 27.5 Å². The summed E-state index contributed by atoms with van der Waals surface area (Å²) in [6.07, 6.45) is -0.121. The Hall–Kier alpha value is -0.740. The van der Waals surface area contributed by atoms with Crippen molar-refractivity contribution < 1.29 is 14.6 Å². The van der Waals surface area contributed by atoms with Gasteiger partial charge in [-0.2, -0.15) is 0 Å². The van der Waals surface area contributed by atoms with Gasteiger partial charge in [0.2, 0.25) is 0 Å². The lowest BCUT2D eigenvalue weighted by atomic mass is 10.1. The van der Waals surface area contributed by atoms with Crippen molar-refractivity contribution in [1.29, 1.82) is 0 Å². The van der Waals surface area contributed by atoms with Crippen molar-refractivity contribution in [3.63, 3.8) is 0 Å². The highest BCUT2D eigenvalue weighted by atomic mass is 79.9. The van der Waals surface area contributed by atoms with Crippen molar-refractivity contribution >= 4 is 33.5 Å². The van der Waals surface area contributed by atoms with Crippen LogP contribution in [0.4, 0.5) is 0 Å². The second-order valence-corrected chi connectivity index (χ2v) is 3.81. The monoisotopic (exact) mass is 278 g/mol. The maximum atomic E-state index is 10.6. The van der Waals surface area contributed by atoms with E-state index in [-0.39, 0.29) is 6.42 Å². The van der Waals surface area contributed by atoms with Crippen LogP contribution in [-0.2, 0) is 11.2 Å². The first-order chi connectivity index (χ1) is 6.56. The largest absolute Gasteiger partial charge is 0.496 e. The van der Waals surface area contributed by atoms with Gasteiger partial charge in [-0.3, -0.25) is 4.79 Å². The minimum atomic E-state index is -0.925. The van der Waals surface area contributed by atoms with Crippen LogP contribution < -0.4 is 4.74 Å². The van der Waals surface area contributed by atoms with Gasteiger partial charge in [0.05, 0.1) is 18.6 Å². The van der Waals surface area contributed by atoms with E-state index in [9.17, 15) is 4.79 Å². The molecule has 0 saturated carbocycles. The summed E-state index contributed by atoms with van der Waals surface area (Å²) in [6.45, 7) is 0. The van der Waals surface area contributed by atoms with Gasteiger partial charge in [-0.05, 0) is 28.1 Å². The number of hydrogen-bond acceptors (Lipinski definition) is 2. The van der Waals surface area contributed by atoms with Crippen LogP contribution in [0.3, 0.4) is 0 Å². The van der Waals surface area contributed by atoms with Crippen LogP contribution in [0.25, 0.3) is 0 Å². The first-order valence-electron chi connectivity index (χ1n) is 3.79. The van der Waals surface area contributed by atoms with Gasteiger partial charge < -0.3 is 9.84 Å². The first-order valence-corrected chi connectivity index (χ1v) is 4.96. The second kappa shape index (κ2) is 4.66. The maximum absolute atomic E-state index is 10.6. The van der Waals surface area contributed by atoms with Gasteiger partial charge in [-0.15, -0.1) is 0 Å². The fraction of sp³-hybridized carbons (Fsp3) is 0.222. The van der Waals surface area contributed by atoms with Gasteiger partial charge in [-0.25, -0.2) is 0 Å². The standard InChI is InChI=1S/C9H8BrClO3/c1-14-7-3-2-6(11)9(10)5(7)4-8(12)13/h2-3H,4H2,1H3,(H,12,13). The van der Waals surface area contributed by atoms with Gasteiger partial charge >= 0.3 is 5.97 Å². The number of hydrogen-bond donors (Lipinski definition) is 1. The lowest BCUT2D eigenvalue weighted by Crippen LogP contribution is -2.03. The van der Waals surface area contributed by atoms with E-state index < -0.39 is 5.97 Å². The van der Waals surface area contributed by atoms with Crippen molar-refractivity contribution in [2.75, 3.05) is 7.11 Å². The van der Waals surface area contributed by atoms with Crippen molar-refractivity contribution in [3.8, 4) is 5.75 Å². The van der Waals surface area contributed by atoms with Crippen molar-refractivity contribution in [2.24, 2.45) is 0 Å². The molecule has 0 aromatic heterocycles. The van der Waals surface area contributed by atoms with E-state index in [0.29, 0.717) is 20.8 Å². The molecule has 14 heavy (non-hydrogen) atoms. The van der Waals surface area contributed by atoms with Crippen LogP contribution in [0.1, 0.15) is 5.56 Å². The van der Waals surface area contributed by atoms with E-state index in [4.69, 9.17) is 21.4 Å². The summed E-state index contributed by atoms with van der Waals surface area (Å²) in [5.41, 5.74) is 0.549. The number of halogens is 2. The normalized spacial score (nSPS) is 9.93. The number of carboxylic acids is 1. The highest BCUT2D eigenvalue weighted by Gasteiger charge is 2.13. The second-order valence-electron chi connectivity index (χ2n) is 2.61. The number of methoxy groups -OCH3 is 1. The Morgan fingerprint density at radius 2 is 2.29 bits per heavy atom. The first kappa shape index (κ1) is 11.3. The Morgan fingerprint density at radius 1 is 1.64 bits per heavy atom. The van der Waals surface area contributed by atoms with Gasteiger partial charge in [0.25, 0.3) is 0 Å². The molecule has 1 N–H and O–H groups in total. The van der Waals surface area contributed by atoms with Crippen LogP contribution in [0.15, 0.2) is 16.6 Å². The average Bonchev–Trinajstić information content (AvgIpc) is 2.13. The van der Waals surface area contributed by atoms with Gasteiger partial charge in [-0.1, -0.05) is 11.6 Å². The van der Waals surface area contributed by atoms with E-state index in [1.807, 2.05) is 0 Å². The third-order valence-electron chi connectivity index (χ3n) is 1.70. The van der Waals surface area contributed by atoms with Gasteiger partial charge in [0.15, 0.2) is 0 Å². The predicted molar refractivity (Wildman–Crippen MR) is 57.0 cm³/mol. The molecule has 0 bridgehead atoms. The molecule has 3 nitrogen and oxygen atoms in total. The molecule has 76 valence electrons. The van der Waals surface area contributed by atoms with Crippen LogP contribution in [0, 0.1) is 0 Å². The lowest BCUT2D eigenvalue weighted by Gasteiger charge is -2.09.